The predicted molar refractivity (Wildman–Crippen MR) is 86.3 cm³/mol. The third kappa shape index (κ3) is 9.12. The number of phosphoric ester groups is 1. The van der Waals surface area contributed by atoms with Crippen molar-refractivity contribution in [2.75, 3.05) is 17.6 Å². The Kier molecular flexibility index (Phi) is 9.89. The molecule has 0 rings (SSSR count). The van der Waals surface area contributed by atoms with Crippen molar-refractivity contribution in [3.63, 3.8) is 0 Å². The molecule has 0 aromatic heterocycles. The van der Waals surface area contributed by atoms with Crippen molar-refractivity contribution in [1.29, 1.82) is 0 Å². The maximum absolute atomic E-state index is 12.4. The molecule has 0 aliphatic carbocycles. The van der Waals surface area contributed by atoms with Gasteiger partial charge in [0.15, 0.2) is 0 Å². The highest BCUT2D eigenvalue weighted by Crippen LogP contribution is 2.62. The van der Waals surface area contributed by atoms with Crippen LogP contribution in [-0.4, -0.2) is 31.2 Å². The second kappa shape index (κ2) is 8.71. The van der Waals surface area contributed by atoms with Crippen LogP contribution in [0.1, 0.15) is 0 Å². The minimum atomic E-state index is -4.68. The van der Waals surface area contributed by atoms with Gasteiger partial charge in [0.2, 0.25) is 13.6 Å². The summed E-state index contributed by atoms with van der Waals surface area (Å²) >= 11 is 49.8. The van der Waals surface area contributed by atoms with Gasteiger partial charge in [0.1, 0.15) is 0 Å². The van der Waals surface area contributed by atoms with Gasteiger partial charge in [-0.1, -0.05) is 69.6 Å². The maximum Gasteiger partial charge on any atom is 0.482 e. The standard InChI is InChI=1S/C6H6Cl9O4P/c7-1-4(10,11)17-20(16,18-5(12,13)2-8)19-6(14,15)3-9/h1-3H2. The molecule has 0 aliphatic heterocycles. The number of halogens is 9. The first-order chi connectivity index (χ1) is 8.80. The lowest BCUT2D eigenvalue weighted by Crippen LogP contribution is -2.29. The fraction of sp³-hybridized carbons (Fsp3) is 1.00. The van der Waals surface area contributed by atoms with Gasteiger partial charge in [0, 0.05) is 0 Å². The molecule has 0 bridgehead atoms. The van der Waals surface area contributed by atoms with Crippen molar-refractivity contribution in [2.24, 2.45) is 0 Å². The zero-order valence-corrected chi connectivity index (χ0v) is 16.8. The van der Waals surface area contributed by atoms with Gasteiger partial charge in [-0.2, -0.15) is 0 Å². The summed E-state index contributed by atoms with van der Waals surface area (Å²) in [5.74, 6) is -1.53. The smallest absolute Gasteiger partial charge is 0.248 e. The summed E-state index contributed by atoms with van der Waals surface area (Å²) in [5, 5.41) is 0. The van der Waals surface area contributed by atoms with Gasteiger partial charge in [-0.25, -0.2) is 18.1 Å². The highest BCUT2D eigenvalue weighted by atomic mass is 35.5. The first-order valence-corrected chi connectivity index (χ1v) is 9.67. The molecular weight excluding hydrogens is 486 g/mol. The molecule has 0 amide bonds. The summed E-state index contributed by atoms with van der Waals surface area (Å²) in [6.07, 6.45) is 0. The molecule has 0 saturated heterocycles. The molecule has 20 heavy (non-hydrogen) atoms. The Morgan fingerprint density at radius 3 is 1.00 bits per heavy atom. The SMILES string of the molecule is O=P(OC(Cl)(Cl)CCl)(OC(Cl)(Cl)CCl)OC(Cl)(Cl)CCl. The van der Waals surface area contributed by atoms with Gasteiger partial charge >= 0.3 is 7.82 Å². The molecule has 0 radical (unpaired) electrons. The Bertz CT molecular complexity index is 310. The number of rotatable bonds is 9. The van der Waals surface area contributed by atoms with Crippen molar-refractivity contribution in [1.82, 2.24) is 0 Å². The molecule has 0 aromatic carbocycles. The second-order valence-corrected chi connectivity index (χ2v) is 9.52. The van der Waals surface area contributed by atoms with E-state index < -0.39 is 39.0 Å². The number of phosphoric acid groups is 1. The average molecular weight is 492 g/mol. The molecule has 0 aromatic rings. The Hall–Kier alpha value is 2.72. The topological polar surface area (TPSA) is 44.8 Å². The maximum atomic E-state index is 12.4. The van der Waals surface area contributed by atoms with Gasteiger partial charge in [-0.15, -0.1) is 34.8 Å². The minimum Gasteiger partial charge on any atom is -0.248 e. The fourth-order valence-corrected chi connectivity index (χ4v) is 3.82. The van der Waals surface area contributed by atoms with Crippen LogP contribution >= 0.6 is 112 Å². The van der Waals surface area contributed by atoms with E-state index in [2.05, 4.69) is 0 Å². The summed E-state index contributed by atoms with van der Waals surface area (Å²) in [5.41, 5.74) is 0. The van der Waals surface area contributed by atoms with Crippen LogP contribution in [0.15, 0.2) is 0 Å². The lowest BCUT2D eigenvalue weighted by atomic mass is 10.8. The van der Waals surface area contributed by atoms with Crippen LogP contribution in [-0.2, 0) is 18.1 Å². The summed E-state index contributed by atoms with van der Waals surface area (Å²) in [4.78, 5) is 0. The van der Waals surface area contributed by atoms with Gasteiger partial charge in [0.25, 0.3) is 0 Å². The number of alkyl halides is 9. The minimum absolute atomic E-state index is 0.510. The van der Waals surface area contributed by atoms with E-state index in [9.17, 15) is 4.57 Å². The fourth-order valence-electron chi connectivity index (χ4n) is 0.620. The Morgan fingerprint density at radius 1 is 0.650 bits per heavy atom. The van der Waals surface area contributed by atoms with E-state index in [4.69, 9.17) is 118 Å². The van der Waals surface area contributed by atoms with E-state index in [0.29, 0.717) is 0 Å². The summed E-state index contributed by atoms with van der Waals surface area (Å²) in [6.45, 7) is 0. The van der Waals surface area contributed by atoms with Crippen molar-refractivity contribution >= 4 is 112 Å². The molecule has 0 unspecified atom stereocenters. The molecule has 0 atom stereocenters. The van der Waals surface area contributed by atoms with Gasteiger partial charge in [-0.05, 0) is 0 Å². The molecule has 14 heteroatoms. The van der Waals surface area contributed by atoms with Crippen LogP contribution in [0.5, 0.6) is 0 Å². The second-order valence-electron chi connectivity index (χ2n) is 3.03. The van der Waals surface area contributed by atoms with Crippen molar-refractivity contribution < 1.29 is 18.1 Å². The monoisotopic (exact) mass is 488 g/mol. The van der Waals surface area contributed by atoms with E-state index in [1.807, 2.05) is 0 Å². The zero-order chi connectivity index (χ0) is 16.2. The van der Waals surface area contributed by atoms with E-state index in [-0.39, 0.29) is 0 Å². The number of hydrogen-bond acceptors (Lipinski definition) is 4. The molecule has 0 N–H and O–H groups in total. The third-order valence-corrected chi connectivity index (χ3v) is 6.67. The molecule has 122 valence electrons. The van der Waals surface area contributed by atoms with E-state index in [1.54, 1.807) is 0 Å². The van der Waals surface area contributed by atoms with Crippen LogP contribution < -0.4 is 0 Å². The van der Waals surface area contributed by atoms with Crippen LogP contribution in [0.3, 0.4) is 0 Å². The molecule has 0 saturated carbocycles. The lowest BCUT2D eigenvalue weighted by molar-refractivity contribution is 0.0699. The van der Waals surface area contributed by atoms with Crippen molar-refractivity contribution in [3.05, 3.63) is 0 Å². The summed E-state index contributed by atoms with van der Waals surface area (Å²) in [6, 6.07) is 0. The first-order valence-electron chi connectivity index (χ1n) is 4.34. The van der Waals surface area contributed by atoms with Crippen molar-refractivity contribution in [2.45, 2.75) is 13.6 Å². The summed E-state index contributed by atoms with van der Waals surface area (Å²) < 4.78 is 20.0. The average Bonchev–Trinajstić information content (AvgIpc) is 2.26. The van der Waals surface area contributed by atoms with Crippen molar-refractivity contribution in [3.8, 4) is 0 Å². The normalized spacial score (nSPS) is 14.7. The van der Waals surface area contributed by atoms with Crippen LogP contribution in [0, 0.1) is 0 Å². The van der Waals surface area contributed by atoms with Gasteiger partial charge in [-0.3, -0.25) is 0 Å². The third-order valence-electron chi connectivity index (χ3n) is 1.20. The molecule has 0 heterocycles. The molecule has 0 spiro atoms. The van der Waals surface area contributed by atoms with E-state index in [0.717, 1.165) is 0 Å². The van der Waals surface area contributed by atoms with Crippen LogP contribution in [0.2, 0.25) is 0 Å². The van der Waals surface area contributed by atoms with Crippen LogP contribution in [0.25, 0.3) is 0 Å². The lowest BCUT2D eigenvalue weighted by Gasteiger charge is -2.30. The first kappa shape index (κ1) is 22.7. The highest BCUT2D eigenvalue weighted by Gasteiger charge is 2.48. The number of hydrogen-bond donors (Lipinski definition) is 0. The Morgan fingerprint density at radius 2 is 0.850 bits per heavy atom. The molecule has 4 nitrogen and oxygen atoms in total. The highest BCUT2D eigenvalue weighted by molar-refractivity contribution is 7.49. The summed E-state index contributed by atoms with van der Waals surface area (Å²) in [7, 11) is -4.68. The molecular formula is C6H6Cl9O4P. The van der Waals surface area contributed by atoms with Crippen LogP contribution in [0.4, 0.5) is 0 Å². The Balaban J connectivity index is 5.29. The predicted octanol–water partition coefficient (Wildman–Crippen LogP) is 6.25. The van der Waals surface area contributed by atoms with E-state index >= 15 is 0 Å². The van der Waals surface area contributed by atoms with E-state index in [1.165, 1.54) is 0 Å². The Labute approximate surface area is 160 Å². The molecule has 0 fully saturated rings. The quantitative estimate of drug-likeness (QED) is 0.282. The van der Waals surface area contributed by atoms with Gasteiger partial charge in [0.05, 0.1) is 17.6 Å². The zero-order valence-electron chi connectivity index (χ0n) is 9.10. The van der Waals surface area contributed by atoms with Gasteiger partial charge < -0.3 is 0 Å². The molecule has 0 aliphatic rings. The largest absolute Gasteiger partial charge is 0.482 e.